The Morgan fingerprint density at radius 3 is 2.25 bits per heavy atom. The quantitative estimate of drug-likeness (QED) is 0.373. The summed E-state index contributed by atoms with van der Waals surface area (Å²) < 4.78 is 0. The largest absolute Gasteiger partial charge is 0.361 e. The smallest absolute Gasteiger partial charge is 0.329 e. The van der Waals surface area contributed by atoms with Gasteiger partial charge in [-0.15, -0.1) is 10.3 Å². The molecule has 0 spiro atoms. The van der Waals surface area contributed by atoms with Gasteiger partial charge >= 0.3 is 5.69 Å². The monoisotopic (exact) mass is 496 g/mol. The first-order valence-corrected chi connectivity index (χ1v) is 12.4. The fourth-order valence-corrected chi connectivity index (χ4v) is 5.41. The number of nitrogens with zero attached hydrogens (tertiary/aromatic N) is 4. The van der Waals surface area contributed by atoms with E-state index in [1.54, 1.807) is 24.3 Å². The molecule has 1 aromatic carbocycles. The van der Waals surface area contributed by atoms with Crippen LogP contribution in [0.1, 0.15) is 76.6 Å². The number of nitro groups is 1. The fourth-order valence-electron chi connectivity index (χ4n) is 5.41. The Kier molecular flexibility index (Phi) is 7.14. The highest BCUT2D eigenvalue weighted by atomic mass is 16.6. The van der Waals surface area contributed by atoms with Crippen LogP contribution in [0.3, 0.4) is 0 Å². The third-order valence-electron chi connectivity index (χ3n) is 6.99. The van der Waals surface area contributed by atoms with Gasteiger partial charge in [-0.1, -0.05) is 12.8 Å². The molecule has 2 aromatic rings. The second kappa shape index (κ2) is 9.98. The molecular formula is C25H34N7O4. The van der Waals surface area contributed by atoms with E-state index in [0.717, 1.165) is 30.7 Å². The Hall–Kier alpha value is -3.31. The molecule has 0 bridgehead atoms. The topological polar surface area (TPSA) is 145 Å². The minimum atomic E-state index is -0.566. The summed E-state index contributed by atoms with van der Waals surface area (Å²) in [7, 11) is 0. The van der Waals surface area contributed by atoms with Crippen molar-refractivity contribution in [3.05, 3.63) is 46.1 Å². The third-order valence-corrected chi connectivity index (χ3v) is 6.99. The molecule has 1 radical (unpaired) electrons. The number of hydrogen-bond acceptors (Lipinski definition) is 8. The van der Waals surface area contributed by atoms with Crippen LogP contribution in [-0.2, 0) is 5.21 Å². The van der Waals surface area contributed by atoms with E-state index in [9.17, 15) is 20.1 Å². The standard InChI is InChI=1S/C25H34N7O4/c1-24(2)13-19(14-25(3,4)32(24)36)28-22(33)16-9-11-18(12-10-16)29-23-26-15-20(31(34)35)21(30-23)27-17-7-5-6-8-17/h9-12,15,17,19H,5-8,13-14H2,1-4H3,(H,28,33)(H2,26,27,29,30). The van der Waals surface area contributed by atoms with Crippen molar-refractivity contribution in [1.29, 1.82) is 0 Å². The predicted molar refractivity (Wildman–Crippen MR) is 135 cm³/mol. The maximum Gasteiger partial charge on any atom is 0.329 e. The van der Waals surface area contributed by atoms with Gasteiger partial charge in [-0.25, -0.2) is 4.98 Å². The van der Waals surface area contributed by atoms with E-state index in [1.807, 2.05) is 27.7 Å². The maximum atomic E-state index is 12.9. The van der Waals surface area contributed by atoms with E-state index in [0.29, 0.717) is 24.1 Å². The van der Waals surface area contributed by atoms with Gasteiger partial charge in [0.1, 0.15) is 6.20 Å². The molecule has 1 aromatic heterocycles. The van der Waals surface area contributed by atoms with Crippen molar-refractivity contribution >= 4 is 29.0 Å². The van der Waals surface area contributed by atoms with E-state index >= 15 is 0 Å². The summed E-state index contributed by atoms with van der Waals surface area (Å²) in [4.78, 5) is 32.2. The van der Waals surface area contributed by atoms with Gasteiger partial charge in [0.05, 0.1) is 4.92 Å². The van der Waals surface area contributed by atoms with Crippen LogP contribution >= 0.6 is 0 Å². The molecule has 1 aliphatic heterocycles. The zero-order chi connectivity index (χ0) is 26.1. The highest BCUT2D eigenvalue weighted by Gasteiger charge is 2.46. The first-order valence-electron chi connectivity index (χ1n) is 12.4. The van der Waals surface area contributed by atoms with Crippen molar-refractivity contribution in [3.63, 3.8) is 0 Å². The van der Waals surface area contributed by atoms with Gasteiger partial charge in [-0.2, -0.15) is 4.98 Å². The van der Waals surface area contributed by atoms with Crippen molar-refractivity contribution in [2.75, 3.05) is 10.6 Å². The Morgan fingerprint density at radius 1 is 1.06 bits per heavy atom. The molecule has 11 heteroatoms. The van der Waals surface area contributed by atoms with Gasteiger partial charge in [0.2, 0.25) is 11.8 Å². The predicted octanol–water partition coefficient (Wildman–Crippen LogP) is 4.58. The van der Waals surface area contributed by atoms with Crippen LogP contribution in [0.2, 0.25) is 0 Å². The molecule has 2 heterocycles. The number of carbonyl (C=O) groups is 1. The zero-order valence-electron chi connectivity index (χ0n) is 21.2. The van der Waals surface area contributed by atoms with E-state index in [-0.39, 0.29) is 35.4 Å². The molecule has 4 rings (SSSR count). The molecule has 2 fully saturated rings. The number of carbonyl (C=O) groups excluding carboxylic acids is 1. The lowest BCUT2D eigenvalue weighted by Crippen LogP contribution is -2.62. The van der Waals surface area contributed by atoms with Crippen LogP contribution in [0.4, 0.5) is 23.1 Å². The summed E-state index contributed by atoms with van der Waals surface area (Å²) in [5, 5.41) is 34.4. The molecule has 0 unspecified atom stereocenters. The number of piperidine rings is 1. The second-order valence-electron chi connectivity index (χ2n) is 11.0. The number of anilines is 3. The van der Waals surface area contributed by atoms with Crippen LogP contribution in [0.5, 0.6) is 0 Å². The highest BCUT2D eigenvalue weighted by molar-refractivity contribution is 5.94. The van der Waals surface area contributed by atoms with Crippen LogP contribution in [0.15, 0.2) is 30.5 Å². The average Bonchev–Trinajstić information content (AvgIpc) is 3.30. The molecule has 3 N–H and O–H groups in total. The van der Waals surface area contributed by atoms with E-state index in [2.05, 4.69) is 25.9 Å². The van der Waals surface area contributed by atoms with Crippen LogP contribution in [-0.4, -0.2) is 49.0 Å². The lowest BCUT2D eigenvalue weighted by Gasteiger charge is -2.50. The van der Waals surface area contributed by atoms with Crippen LogP contribution in [0, 0.1) is 10.1 Å². The van der Waals surface area contributed by atoms with Gasteiger partial charge in [-0.05, 0) is 77.6 Å². The Bertz CT molecular complexity index is 1100. The van der Waals surface area contributed by atoms with Crippen molar-refractivity contribution in [2.45, 2.75) is 89.4 Å². The Morgan fingerprint density at radius 2 is 1.67 bits per heavy atom. The van der Waals surface area contributed by atoms with Gasteiger partial charge < -0.3 is 16.0 Å². The summed E-state index contributed by atoms with van der Waals surface area (Å²) in [6.45, 7) is 7.59. The van der Waals surface area contributed by atoms with Crippen molar-refractivity contribution < 1.29 is 14.9 Å². The molecule has 1 amide bonds. The number of hydroxylamine groups is 2. The van der Waals surface area contributed by atoms with E-state index in [1.165, 1.54) is 6.20 Å². The van der Waals surface area contributed by atoms with E-state index < -0.39 is 16.0 Å². The molecule has 11 nitrogen and oxygen atoms in total. The summed E-state index contributed by atoms with van der Waals surface area (Å²) in [5.41, 5.74) is -0.148. The minimum absolute atomic E-state index is 0.107. The van der Waals surface area contributed by atoms with Gasteiger partial charge in [0, 0.05) is 34.4 Å². The van der Waals surface area contributed by atoms with Gasteiger partial charge in [0.25, 0.3) is 5.91 Å². The van der Waals surface area contributed by atoms with Gasteiger partial charge in [-0.3, -0.25) is 14.9 Å². The molecule has 1 aliphatic carbocycles. The molecule has 2 aliphatic rings. The average molecular weight is 497 g/mol. The number of amides is 1. The maximum absolute atomic E-state index is 12.9. The minimum Gasteiger partial charge on any atom is -0.361 e. The van der Waals surface area contributed by atoms with E-state index in [4.69, 9.17) is 0 Å². The van der Waals surface area contributed by atoms with Crippen molar-refractivity contribution in [3.8, 4) is 0 Å². The normalized spacial score (nSPS) is 20.1. The molecule has 36 heavy (non-hydrogen) atoms. The Balaban J connectivity index is 1.42. The summed E-state index contributed by atoms with van der Waals surface area (Å²) in [6.07, 6.45) is 6.44. The zero-order valence-corrected chi connectivity index (χ0v) is 21.2. The summed E-state index contributed by atoms with van der Waals surface area (Å²) >= 11 is 0. The molecule has 193 valence electrons. The number of hydrogen-bond donors (Lipinski definition) is 3. The Labute approximate surface area is 210 Å². The fraction of sp³-hybridized carbons (Fsp3) is 0.560. The molecular weight excluding hydrogens is 462 g/mol. The lowest BCUT2D eigenvalue weighted by molar-refractivity contribution is -0.384. The summed E-state index contributed by atoms with van der Waals surface area (Å²) in [5.74, 6) is 0.231. The number of benzene rings is 1. The first-order chi connectivity index (χ1) is 16.9. The lowest BCUT2D eigenvalue weighted by atomic mass is 9.79. The van der Waals surface area contributed by atoms with Crippen LogP contribution in [0.25, 0.3) is 0 Å². The highest BCUT2D eigenvalue weighted by Crippen LogP contribution is 2.37. The second-order valence-corrected chi connectivity index (χ2v) is 11.0. The van der Waals surface area contributed by atoms with Crippen molar-refractivity contribution in [1.82, 2.24) is 20.3 Å². The molecule has 0 atom stereocenters. The number of aromatic nitrogens is 2. The SMILES string of the molecule is CC1(C)CC(NC(=O)c2ccc(Nc3ncc([N+](=O)[O-])c(NC4CCCC4)n3)cc2)CC(C)(C)N1[O]. The molecule has 1 saturated heterocycles. The number of rotatable bonds is 7. The van der Waals surface area contributed by atoms with Crippen molar-refractivity contribution in [2.24, 2.45) is 0 Å². The first kappa shape index (κ1) is 25.8. The molecule has 1 saturated carbocycles. The summed E-state index contributed by atoms with van der Waals surface area (Å²) in [6, 6.07) is 6.92. The third kappa shape index (κ3) is 5.73. The van der Waals surface area contributed by atoms with Crippen LogP contribution < -0.4 is 16.0 Å². The number of nitrogens with one attached hydrogen (secondary N) is 3. The van der Waals surface area contributed by atoms with Gasteiger partial charge in [0.15, 0.2) is 0 Å².